The average molecular weight is 591 g/mol. The van der Waals surface area contributed by atoms with Crippen molar-refractivity contribution in [1.29, 1.82) is 0 Å². The normalized spacial score (nSPS) is 12.8. The molecule has 0 saturated carbocycles. The molecule has 1 N–H and O–H groups in total. The maximum absolute atomic E-state index is 14.0. The highest BCUT2D eigenvalue weighted by Gasteiger charge is 2.34. The van der Waals surface area contributed by atoms with Crippen LogP contribution in [0.25, 0.3) is 0 Å². The predicted octanol–water partition coefficient (Wildman–Crippen LogP) is 5.91. The maximum Gasteiger partial charge on any atom is 0.264 e. The van der Waals surface area contributed by atoms with Crippen molar-refractivity contribution in [2.75, 3.05) is 10.8 Å². The van der Waals surface area contributed by atoms with Crippen molar-refractivity contribution in [3.63, 3.8) is 0 Å². The van der Waals surface area contributed by atoms with Gasteiger partial charge in [0.15, 0.2) is 0 Å². The second-order valence-electron chi connectivity index (χ2n) is 9.17. The smallest absolute Gasteiger partial charge is 0.264 e. The van der Waals surface area contributed by atoms with Crippen LogP contribution in [-0.2, 0) is 26.2 Å². The van der Waals surface area contributed by atoms with Gasteiger partial charge in [0.2, 0.25) is 11.8 Å². The Morgan fingerprint density at radius 1 is 0.872 bits per heavy atom. The highest BCUT2D eigenvalue weighted by molar-refractivity contribution is 7.92. The van der Waals surface area contributed by atoms with Crippen molar-refractivity contribution in [3.05, 3.63) is 94.5 Å². The number of nitrogens with one attached hydrogen (secondary N) is 1. The molecule has 0 unspecified atom stereocenters. The van der Waals surface area contributed by atoms with Crippen LogP contribution < -0.4 is 9.62 Å². The number of hydrogen-bond acceptors (Lipinski definition) is 4. The molecular weight excluding hydrogens is 557 g/mol. The zero-order chi connectivity index (χ0) is 28.6. The van der Waals surface area contributed by atoms with Gasteiger partial charge in [-0.05, 0) is 55.7 Å². The molecule has 3 aromatic rings. The molecule has 39 heavy (non-hydrogen) atoms. The largest absolute Gasteiger partial charge is 0.352 e. The van der Waals surface area contributed by atoms with Gasteiger partial charge in [0.25, 0.3) is 10.0 Å². The summed E-state index contributed by atoms with van der Waals surface area (Å²) in [4.78, 5) is 28.7. The van der Waals surface area contributed by atoms with Crippen LogP contribution in [-0.4, -0.2) is 43.8 Å². The summed E-state index contributed by atoms with van der Waals surface area (Å²) in [7, 11) is -4.18. The van der Waals surface area contributed by atoms with E-state index in [0.29, 0.717) is 6.42 Å². The summed E-state index contributed by atoms with van der Waals surface area (Å²) in [5.41, 5.74) is 0.992. The number of rotatable bonds is 12. The Kier molecular flexibility index (Phi) is 10.8. The third-order valence-corrected chi connectivity index (χ3v) is 8.91. The predicted molar refractivity (Wildman–Crippen MR) is 156 cm³/mol. The summed E-state index contributed by atoms with van der Waals surface area (Å²) in [6.07, 6.45) is 1.08. The molecule has 0 saturated heterocycles. The van der Waals surface area contributed by atoms with Crippen molar-refractivity contribution >= 4 is 50.7 Å². The van der Waals surface area contributed by atoms with Crippen LogP contribution in [0.15, 0.2) is 83.8 Å². The van der Waals surface area contributed by atoms with Gasteiger partial charge < -0.3 is 10.2 Å². The molecule has 208 valence electrons. The Balaban J connectivity index is 2.06. The fourth-order valence-corrected chi connectivity index (χ4v) is 5.75. The molecular formula is C29H33Cl2N3O4S. The monoisotopic (exact) mass is 589 g/mol. The number of hydrogen-bond donors (Lipinski definition) is 1. The summed E-state index contributed by atoms with van der Waals surface area (Å²) >= 11 is 12.3. The summed E-state index contributed by atoms with van der Waals surface area (Å²) in [5, 5.41) is 3.36. The number of nitrogens with zero attached hydrogens (tertiary/aromatic N) is 2. The van der Waals surface area contributed by atoms with Gasteiger partial charge in [-0.1, -0.05) is 85.6 Å². The first-order chi connectivity index (χ1) is 18.6. The number of halogens is 2. The van der Waals surface area contributed by atoms with E-state index in [9.17, 15) is 18.0 Å². The first-order valence-electron chi connectivity index (χ1n) is 12.7. The molecule has 0 heterocycles. The van der Waals surface area contributed by atoms with E-state index in [1.165, 1.54) is 35.2 Å². The molecule has 10 heteroatoms. The van der Waals surface area contributed by atoms with Crippen molar-refractivity contribution in [2.45, 2.75) is 57.1 Å². The van der Waals surface area contributed by atoms with E-state index in [4.69, 9.17) is 23.2 Å². The maximum atomic E-state index is 14.0. The second-order valence-corrected chi connectivity index (χ2v) is 11.8. The summed E-state index contributed by atoms with van der Waals surface area (Å²) in [6, 6.07) is 20.6. The average Bonchev–Trinajstić information content (AvgIpc) is 2.93. The third-order valence-electron chi connectivity index (χ3n) is 6.38. The highest BCUT2D eigenvalue weighted by Crippen LogP contribution is 2.31. The van der Waals surface area contributed by atoms with E-state index in [2.05, 4.69) is 5.32 Å². The third kappa shape index (κ3) is 7.75. The number of amides is 2. The Morgan fingerprint density at radius 3 is 2.05 bits per heavy atom. The minimum Gasteiger partial charge on any atom is -0.352 e. The Morgan fingerprint density at radius 2 is 1.49 bits per heavy atom. The molecule has 7 nitrogen and oxygen atoms in total. The van der Waals surface area contributed by atoms with Crippen LogP contribution in [0.1, 0.15) is 39.2 Å². The lowest BCUT2D eigenvalue weighted by atomic mass is 10.1. The molecule has 3 rings (SSSR count). The van der Waals surface area contributed by atoms with Crippen LogP contribution in [0.5, 0.6) is 0 Å². The second kappa shape index (κ2) is 13.8. The molecule has 3 aromatic carbocycles. The fraction of sp³-hybridized carbons (Fsp3) is 0.310. The zero-order valence-corrected chi connectivity index (χ0v) is 24.5. The molecule has 2 atom stereocenters. The molecule has 0 spiro atoms. The highest BCUT2D eigenvalue weighted by atomic mass is 35.5. The minimum atomic E-state index is -4.18. The van der Waals surface area contributed by atoms with E-state index >= 15 is 0 Å². The van der Waals surface area contributed by atoms with Gasteiger partial charge in [0.05, 0.1) is 20.6 Å². The van der Waals surface area contributed by atoms with Crippen LogP contribution in [0, 0.1) is 0 Å². The van der Waals surface area contributed by atoms with E-state index in [1.807, 2.05) is 51.1 Å². The lowest BCUT2D eigenvalue weighted by Crippen LogP contribution is -2.53. The van der Waals surface area contributed by atoms with E-state index in [1.54, 1.807) is 18.2 Å². The van der Waals surface area contributed by atoms with Crippen molar-refractivity contribution in [1.82, 2.24) is 10.2 Å². The number of anilines is 1. The van der Waals surface area contributed by atoms with Crippen molar-refractivity contribution in [3.8, 4) is 0 Å². The van der Waals surface area contributed by atoms with Crippen molar-refractivity contribution in [2.24, 2.45) is 0 Å². The zero-order valence-electron chi connectivity index (χ0n) is 22.2. The van der Waals surface area contributed by atoms with Gasteiger partial charge in [0, 0.05) is 12.6 Å². The first kappa shape index (κ1) is 30.5. The first-order valence-corrected chi connectivity index (χ1v) is 14.9. The van der Waals surface area contributed by atoms with Crippen molar-refractivity contribution < 1.29 is 18.0 Å². The summed E-state index contributed by atoms with van der Waals surface area (Å²) in [5.74, 6) is -0.821. The number of carbonyl (C=O) groups is 2. The molecule has 0 aliphatic heterocycles. The quantitative estimate of drug-likeness (QED) is 0.284. The van der Waals surface area contributed by atoms with E-state index in [0.717, 1.165) is 16.3 Å². The van der Waals surface area contributed by atoms with Crippen LogP contribution in [0.3, 0.4) is 0 Å². The summed E-state index contributed by atoms with van der Waals surface area (Å²) in [6.45, 7) is 5.26. The molecule has 0 fully saturated rings. The van der Waals surface area contributed by atoms with Crippen LogP contribution in [0.4, 0.5) is 5.69 Å². The minimum absolute atomic E-state index is 0.0139. The molecule has 0 radical (unpaired) electrons. The van der Waals surface area contributed by atoms with Gasteiger partial charge in [-0.25, -0.2) is 8.42 Å². The Labute approximate surface area is 240 Å². The van der Waals surface area contributed by atoms with Gasteiger partial charge >= 0.3 is 0 Å². The Bertz CT molecular complexity index is 1370. The van der Waals surface area contributed by atoms with Gasteiger partial charge in [-0.15, -0.1) is 0 Å². The number of sulfonamides is 1. The summed E-state index contributed by atoms with van der Waals surface area (Å²) < 4.78 is 28.6. The number of carbonyl (C=O) groups excluding carboxylic acids is 2. The van der Waals surface area contributed by atoms with Crippen LogP contribution in [0.2, 0.25) is 10.0 Å². The van der Waals surface area contributed by atoms with Gasteiger partial charge in [-0.2, -0.15) is 0 Å². The Hall–Kier alpha value is -3.07. The van der Waals surface area contributed by atoms with E-state index in [-0.39, 0.29) is 39.1 Å². The molecule has 0 aromatic heterocycles. The lowest BCUT2D eigenvalue weighted by molar-refractivity contribution is -0.140. The molecule has 0 aliphatic carbocycles. The standard InChI is InChI=1S/C29H33Cl2N3O4S/c1-4-21(3)32-29(36)27(5-2)33(19-22-12-8-6-9-13-22)28(35)20-34(23-16-17-25(30)26(31)18-23)39(37,38)24-14-10-7-11-15-24/h6-18,21,27H,4-5,19-20H2,1-3H3,(H,32,36)/t21-,27+/m0/s1. The van der Waals surface area contributed by atoms with Gasteiger partial charge in [-0.3, -0.25) is 13.9 Å². The van der Waals surface area contributed by atoms with Gasteiger partial charge in [0.1, 0.15) is 12.6 Å². The SMILES string of the molecule is CC[C@H](C(=O)N[C@@H](C)CC)N(Cc1ccccc1)C(=O)CN(c1ccc(Cl)c(Cl)c1)S(=O)(=O)c1ccccc1. The lowest BCUT2D eigenvalue weighted by Gasteiger charge is -2.33. The fourth-order valence-electron chi connectivity index (χ4n) is 4.03. The molecule has 0 aliphatic rings. The molecule has 0 bridgehead atoms. The number of benzene rings is 3. The van der Waals surface area contributed by atoms with E-state index < -0.39 is 28.5 Å². The topological polar surface area (TPSA) is 86.8 Å². The molecule has 2 amide bonds. The van der Waals surface area contributed by atoms with Crippen LogP contribution >= 0.6 is 23.2 Å².